The van der Waals surface area contributed by atoms with Crippen LogP contribution in [-0.4, -0.2) is 11.6 Å². The third-order valence-corrected chi connectivity index (χ3v) is 2.35. The predicted molar refractivity (Wildman–Crippen MR) is 74.8 cm³/mol. The van der Waals surface area contributed by atoms with Gasteiger partial charge >= 0.3 is 0 Å². The molecular weight excluding hydrogens is 194 g/mol. The second-order valence-electron chi connectivity index (χ2n) is 8.62. The number of rotatable bonds is 3. The van der Waals surface area contributed by atoms with Crippen LogP contribution in [0.5, 0.6) is 0 Å². The first kappa shape index (κ1) is 16.0. The molecule has 0 amide bonds. The Morgan fingerprint density at radius 2 is 1.00 bits per heavy atom. The molecule has 16 heavy (non-hydrogen) atoms. The minimum Gasteiger partial charge on any atom is -0.309 e. The van der Waals surface area contributed by atoms with Crippen LogP contribution in [0.3, 0.4) is 0 Å². The van der Waals surface area contributed by atoms with Gasteiger partial charge in [-0.2, -0.15) is 0 Å². The zero-order valence-corrected chi connectivity index (χ0v) is 13.0. The molecule has 0 radical (unpaired) electrons. The molecule has 1 heteroatoms. The van der Waals surface area contributed by atoms with Crippen LogP contribution in [0, 0.1) is 10.8 Å². The highest BCUT2D eigenvalue weighted by atomic mass is 15.0. The Bertz CT molecular complexity index is 159. The van der Waals surface area contributed by atoms with Gasteiger partial charge in [0.2, 0.25) is 0 Å². The SMILES string of the molecule is CC(C)(C)CC(CC(C)(C)C)NC(C)(C)C. The molecule has 0 heterocycles. The van der Waals surface area contributed by atoms with Gasteiger partial charge < -0.3 is 5.32 Å². The average Bonchev–Trinajstić information content (AvgIpc) is 1.70. The monoisotopic (exact) mass is 227 g/mol. The Kier molecular flexibility index (Phi) is 5.07. The van der Waals surface area contributed by atoms with E-state index in [1.165, 1.54) is 12.8 Å². The van der Waals surface area contributed by atoms with Crippen LogP contribution < -0.4 is 5.32 Å². The smallest absolute Gasteiger partial charge is 0.00991 e. The van der Waals surface area contributed by atoms with Gasteiger partial charge in [-0.05, 0) is 44.4 Å². The summed E-state index contributed by atoms with van der Waals surface area (Å²) >= 11 is 0. The van der Waals surface area contributed by atoms with Crippen molar-refractivity contribution in [1.29, 1.82) is 0 Å². The highest BCUT2D eigenvalue weighted by molar-refractivity contribution is 4.84. The molecule has 98 valence electrons. The van der Waals surface area contributed by atoms with Gasteiger partial charge in [-0.15, -0.1) is 0 Å². The standard InChI is InChI=1S/C15H33N/c1-13(2,3)10-12(11-14(4,5)6)16-15(7,8)9/h12,16H,10-11H2,1-9H3. The van der Waals surface area contributed by atoms with E-state index in [2.05, 4.69) is 67.6 Å². The maximum atomic E-state index is 3.77. The van der Waals surface area contributed by atoms with Crippen molar-refractivity contribution in [2.24, 2.45) is 10.8 Å². The predicted octanol–water partition coefficient (Wildman–Crippen LogP) is 4.62. The van der Waals surface area contributed by atoms with E-state index in [-0.39, 0.29) is 5.54 Å². The molecule has 1 nitrogen and oxygen atoms in total. The first-order valence-corrected chi connectivity index (χ1v) is 6.56. The van der Waals surface area contributed by atoms with Gasteiger partial charge in [0.15, 0.2) is 0 Å². The molecular formula is C15H33N. The van der Waals surface area contributed by atoms with Crippen molar-refractivity contribution in [3.8, 4) is 0 Å². The van der Waals surface area contributed by atoms with Crippen molar-refractivity contribution in [3.63, 3.8) is 0 Å². The van der Waals surface area contributed by atoms with E-state index in [0.717, 1.165) is 0 Å². The van der Waals surface area contributed by atoms with Gasteiger partial charge in [-0.3, -0.25) is 0 Å². The van der Waals surface area contributed by atoms with E-state index in [9.17, 15) is 0 Å². The largest absolute Gasteiger partial charge is 0.309 e. The Balaban J connectivity index is 4.53. The van der Waals surface area contributed by atoms with E-state index in [4.69, 9.17) is 0 Å². The first-order chi connectivity index (χ1) is 6.79. The lowest BCUT2D eigenvalue weighted by Crippen LogP contribution is -2.46. The lowest BCUT2D eigenvalue weighted by atomic mass is 9.80. The Morgan fingerprint density at radius 1 is 0.688 bits per heavy atom. The molecule has 0 aliphatic carbocycles. The number of nitrogens with one attached hydrogen (secondary N) is 1. The van der Waals surface area contributed by atoms with Crippen molar-refractivity contribution in [2.75, 3.05) is 0 Å². The summed E-state index contributed by atoms with van der Waals surface area (Å²) in [6.07, 6.45) is 2.48. The Labute approximate surface area is 103 Å². The molecule has 0 aliphatic heterocycles. The third-order valence-electron chi connectivity index (χ3n) is 2.35. The van der Waals surface area contributed by atoms with E-state index in [1.807, 2.05) is 0 Å². The van der Waals surface area contributed by atoms with Crippen molar-refractivity contribution in [1.82, 2.24) is 5.32 Å². The molecule has 0 spiro atoms. The minimum absolute atomic E-state index is 0.209. The molecule has 0 unspecified atom stereocenters. The summed E-state index contributed by atoms with van der Waals surface area (Å²) in [6.45, 7) is 20.7. The van der Waals surface area contributed by atoms with Crippen LogP contribution in [0.1, 0.15) is 75.2 Å². The fraction of sp³-hybridized carbons (Fsp3) is 1.00. The highest BCUT2D eigenvalue weighted by Gasteiger charge is 2.26. The van der Waals surface area contributed by atoms with Gasteiger partial charge in [-0.25, -0.2) is 0 Å². The lowest BCUT2D eigenvalue weighted by molar-refractivity contribution is 0.208. The fourth-order valence-electron chi connectivity index (χ4n) is 2.27. The van der Waals surface area contributed by atoms with Crippen LogP contribution in [0.15, 0.2) is 0 Å². The van der Waals surface area contributed by atoms with Gasteiger partial charge in [0.25, 0.3) is 0 Å². The fourth-order valence-corrected chi connectivity index (χ4v) is 2.27. The van der Waals surface area contributed by atoms with Gasteiger partial charge in [-0.1, -0.05) is 41.5 Å². The maximum absolute atomic E-state index is 3.77. The highest BCUT2D eigenvalue weighted by Crippen LogP contribution is 2.29. The third kappa shape index (κ3) is 10.5. The second kappa shape index (κ2) is 5.08. The van der Waals surface area contributed by atoms with Crippen molar-refractivity contribution in [3.05, 3.63) is 0 Å². The van der Waals surface area contributed by atoms with E-state index < -0.39 is 0 Å². The number of hydrogen-bond acceptors (Lipinski definition) is 1. The zero-order chi connectivity index (χ0) is 13.2. The molecule has 0 saturated heterocycles. The lowest BCUT2D eigenvalue weighted by Gasteiger charge is -2.36. The van der Waals surface area contributed by atoms with Gasteiger partial charge in [0, 0.05) is 11.6 Å². The zero-order valence-electron chi connectivity index (χ0n) is 13.0. The molecule has 0 atom stereocenters. The van der Waals surface area contributed by atoms with Crippen LogP contribution in [-0.2, 0) is 0 Å². The van der Waals surface area contributed by atoms with Crippen molar-refractivity contribution >= 4 is 0 Å². The summed E-state index contributed by atoms with van der Waals surface area (Å²) in [7, 11) is 0. The quantitative estimate of drug-likeness (QED) is 0.742. The normalized spacial score (nSPS) is 14.6. The first-order valence-electron chi connectivity index (χ1n) is 6.56. The summed E-state index contributed by atoms with van der Waals surface area (Å²) < 4.78 is 0. The molecule has 0 saturated carbocycles. The molecule has 0 aromatic heterocycles. The Morgan fingerprint density at radius 3 is 1.19 bits per heavy atom. The van der Waals surface area contributed by atoms with E-state index in [0.29, 0.717) is 16.9 Å². The molecule has 0 aromatic rings. The number of hydrogen-bond donors (Lipinski definition) is 1. The summed E-state index contributed by atoms with van der Waals surface area (Å²) in [6, 6.07) is 0.611. The molecule has 0 bridgehead atoms. The summed E-state index contributed by atoms with van der Waals surface area (Å²) in [5, 5.41) is 3.77. The summed E-state index contributed by atoms with van der Waals surface area (Å²) in [5.41, 5.74) is 1.00. The van der Waals surface area contributed by atoms with Crippen LogP contribution >= 0.6 is 0 Å². The van der Waals surface area contributed by atoms with E-state index >= 15 is 0 Å². The van der Waals surface area contributed by atoms with Crippen molar-refractivity contribution in [2.45, 2.75) is 86.7 Å². The van der Waals surface area contributed by atoms with Crippen LogP contribution in [0.4, 0.5) is 0 Å². The second-order valence-corrected chi connectivity index (χ2v) is 8.62. The topological polar surface area (TPSA) is 12.0 Å². The Hall–Kier alpha value is -0.0400. The van der Waals surface area contributed by atoms with Crippen molar-refractivity contribution < 1.29 is 0 Å². The molecule has 0 fully saturated rings. The van der Waals surface area contributed by atoms with E-state index in [1.54, 1.807) is 0 Å². The maximum Gasteiger partial charge on any atom is 0.00991 e. The van der Waals surface area contributed by atoms with Gasteiger partial charge in [0.1, 0.15) is 0 Å². The molecule has 0 rings (SSSR count). The molecule has 0 aromatic carbocycles. The van der Waals surface area contributed by atoms with Gasteiger partial charge in [0.05, 0.1) is 0 Å². The van der Waals surface area contributed by atoms with Crippen LogP contribution in [0.25, 0.3) is 0 Å². The molecule has 1 N–H and O–H groups in total. The summed E-state index contributed by atoms with van der Waals surface area (Å²) in [4.78, 5) is 0. The molecule has 0 aliphatic rings. The minimum atomic E-state index is 0.209. The average molecular weight is 227 g/mol. The van der Waals surface area contributed by atoms with Crippen LogP contribution in [0.2, 0.25) is 0 Å². The summed E-state index contributed by atoms with van der Waals surface area (Å²) in [5.74, 6) is 0.